The van der Waals surface area contributed by atoms with E-state index in [1.165, 1.54) is 11.6 Å². The van der Waals surface area contributed by atoms with Crippen LogP contribution in [-0.4, -0.2) is 26.8 Å². The van der Waals surface area contributed by atoms with Gasteiger partial charge in [-0.25, -0.2) is 4.68 Å². The van der Waals surface area contributed by atoms with Crippen molar-refractivity contribution in [2.75, 3.05) is 10.6 Å². The summed E-state index contributed by atoms with van der Waals surface area (Å²) in [6.07, 6.45) is 0.0662. The number of benzene rings is 2. The van der Waals surface area contributed by atoms with E-state index in [1.807, 2.05) is 0 Å². The molecule has 2 aromatic carbocycles. The average molecular weight is 365 g/mol. The number of carbonyl (C=O) groups excluding carboxylic acids is 2. The number of amides is 2. The van der Waals surface area contributed by atoms with Gasteiger partial charge in [-0.2, -0.15) is 0 Å². The van der Waals surface area contributed by atoms with Crippen LogP contribution in [0.2, 0.25) is 0 Å². The number of nitrogens with zero attached hydrogens (tertiary/aromatic N) is 3. The lowest BCUT2D eigenvalue weighted by Gasteiger charge is -2.13. The number of anilines is 2. The average Bonchev–Trinajstić information content (AvgIpc) is 2.64. The van der Waals surface area contributed by atoms with E-state index in [0.717, 1.165) is 5.56 Å². The summed E-state index contributed by atoms with van der Waals surface area (Å²) >= 11 is 0. The van der Waals surface area contributed by atoms with Gasteiger partial charge in [-0.1, -0.05) is 23.4 Å². The molecule has 0 saturated carbocycles. The standard InChI is InChI=1S/C19H19N5O3/c1-12-15(20-13(2)25)8-5-9-16(12)21-18(26)10-11-24-19(27)14-6-3-4-7-17(14)22-23-24/h3-9H,10-11H2,1-2H3,(H,20,25)(H,21,26). The quantitative estimate of drug-likeness (QED) is 0.720. The predicted octanol–water partition coefficient (Wildman–Crippen LogP) is 2.09. The number of fused-ring (bicyclic) bond motifs is 1. The molecular weight excluding hydrogens is 346 g/mol. The van der Waals surface area contributed by atoms with E-state index < -0.39 is 0 Å². The summed E-state index contributed by atoms with van der Waals surface area (Å²) in [7, 11) is 0. The smallest absolute Gasteiger partial charge is 0.277 e. The van der Waals surface area contributed by atoms with Crippen molar-refractivity contribution >= 4 is 34.1 Å². The first kappa shape index (κ1) is 18.2. The van der Waals surface area contributed by atoms with Gasteiger partial charge < -0.3 is 10.6 Å². The second-order valence-corrected chi connectivity index (χ2v) is 6.09. The third-order valence-corrected chi connectivity index (χ3v) is 4.10. The lowest BCUT2D eigenvalue weighted by molar-refractivity contribution is -0.116. The van der Waals surface area contributed by atoms with Crippen LogP contribution in [0.25, 0.3) is 10.9 Å². The molecule has 138 valence electrons. The van der Waals surface area contributed by atoms with Crippen LogP contribution in [0.3, 0.4) is 0 Å². The maximum atomic E-state index is 12.4. The number of hydrogen-bond donors (Lipinski definition) is 2. The van der Waals surface area contributed by atoms with E-state index in [1.54, 1.807) is 49.4 Å². The van der Waals surface area contributed by atoms with E-state index in [9.17, 15) is 14.4 Å². The molecule has 0 aliphatic heterocycles. The molecule has 2 amide bonds. The highest BCUT2D eigenvalue weighted by molar-refractivity contribution is 5.95. The number of rotatable bonds is 5. The normalized spacial score (nSPS) is 10.6. The maximum absolute atomic E-state index is 12.4. The molecule has 0 unspecified atom stereocenters. The van der Waals surface area contributed by atoms with Gasteiger partial charge in [-0.05, 0) is 36.8 Å². The topological polar surface area (TPSA) is 106 Å². The monoisotopic (exact) mass is 365 g/mol. The second-order valence-electron chi connectivity index (χ2n) is 6.09. The van der Waals surface area contributed by atoms with Crippen LogP contribution in [0, 0.1) is 6.92 Å². The largest absolute Gasteiger partial charge is 0.326 e. The molecule has 0 fully saturated rings. The maximum Gasteiger partial charge on any atom is 0.277 e. The van der Waals surface area contributed by atoms with Crippen molar-refractivity contribution in [3.63, 3.8) is 0 Å². The van der Waals surface area contributed by atoms with Gasteiger partial charge in [0.25, 0.3) is 5.56 Å². The fraction of sp³-hybridized carbons (Fsp3) is 0.211. The van der Waals surface area contributed by atoms with Crippen LogP contribution in [-0.2, 0) is 16.1 Å². The lowest BCUT2D eigenvalue weighted by Crippen LogP contribution is -2.26. The summed E-state index contributed by atoms with van der Waals surface area (Å²) in [6.45, 7) is 3.35. The molecule has 0 saturated heterocycles. The molecule has 0 radical (unpaired) electrons. The molecule has 0 aliphatic rings. The zero-order chi connectivity index (χ0) is 19.4. The molecule has 0 bridgehead atoms. The number of nitrogens with one attached hydrogen (secondary N) is 2. The molecule has 1 aromatic heterocycles. The molecule has 3 rings (SSSR count). The van der Waals surface area contributed by atoms with Gasteiger partial charge in [-0.3, -0.25) is 14.4 Å². The highest BCUT2D eigenvalue weighted by Crippen LogP contribution is 2.23. The minimum Gasteiger partial charge on any atom is -0.326 e. The molecule has 3 aromatic rings. The van der Waals surface area contributed by atoms with Crippen molar-refractivity contribution in [2.24, 2.45) is 0 Å². The summed E-state index contributed by atoms with van der Waals surface area (Å²) in [5.74, 6) is -0.448. The van der Waals surface area contributed by atoms with Crippen molar-refractivity contribution < 1.29 is 9.59 Å². The first-order chi connectivity index (χ1) is 13.0. The second kappa shape index (κ2) is 7.77. The first-order valence-corrected chi connectivity index (χ1v) is 8.45. The summed E-state index contributed by atoms with van der Waals surface area (Å²) in [5, 5.41) is 13.9. The van der Waals surface area contributed by atoms with Gasteiger partial charge in [0.05, 0.1) is 11.9 Å². The third-order valence-electron chi connectivity index (χ3n) is 4.10. The Kier molecular flexibility index (Phi) is 5.25. The van der Waals surface area contributed by atoms with Crippen molar-refractivity contribution in [2.45, 2.75) is 26.8 Å². The minimum absolute atomic E-state index is 0.0662. The van der Waals surface area contributed by atoms with Crippen molar-refractivity contribution in [1.29, 1.82) is 0 Å². The van der Waals surface area contributed by atoms with Crippen molar-refractivity contribution in [1.82, 2.24) is 15.0 Å². The molecule has 1 heterocycles. The molecule has 8 heteroatoms. The van der Waals surface area contributed by atoms with Gasteiger partial charge in [0, 0.05) is 24.7 Å². The van der Waals surface area contributed by atoms with Crippen molar-refractivity contribution in [3.05, 3.63) is 58.4 Å². The predicted molar refractivity (Wildman–Crippen MR) is 103 cm³/mol. The number of hydrogen-bond acceptors (Lipinski definition) is 5. The minimum atomic E-state index is -0.280. The number of aryl methyl sites for hydroxylation is 1. The summed E-state index contributed by atoms with van der Waals surface area (Å²) in [5.41, 5.74) is 2.23. The van der Waals surface area contributed by atoms with Crippen LogP contribution in [0.4, 0.5) is 11.4 Å². The van der Waals surface area contributed by atoms with Gasteiger partial charge in [0.1, 0.15) is 5.52 Å². The zero-order valence-corrected chi connectivity index (χ0v) is 15.0. The molecule has 0 aliphatic carbocycles. The summed E-state index contributed by atoms with van der Waals surface area (Å²) in [4.78, 5) is 35.9. The van der Waals surface area contributed by atoms with E-state index in [4.69, 9.17) is 0 Å². The van der Waals surface area contributed by atoms with E-state index in [0.29, 0.717) is 22.3 Å². The van der Waals surface area contributed by atoms with Crippen LogP contribution in [0.1, 0.15) is 18.9 Å². The van der Waals surface area contributed by atoms with Crippen LogP contribution < -0.4 is 16.2 Å². The van der Waals surface area contributed by atoms with Crippen LogP contribution in [0.15, 0.2) is 47.3 Å². The van der Waals surface area contributed by atoms with Gasteiger partial charge in [0.15, 0.2) is 0 Å². The molecule has 0 spiro atoms. The number of aromatic nitrogens is 3. The molecule has 27 heavy (non-hydrogen) atoms. The first-order valence-electron chi connectivity index (χ1n) is 8.45. The summed E-state index contributed by atoms with van der Waals surface area (Å²) < 4.78 is 1.18. The Hall–Kier alpha value is -3.55. The van der Waals surface area contributed by atoms with Gasteiger partial charge in [-0.15, -0.1) is 5.10 Å². The Morgan fingerprint density at radius 3 is 2.48 bits per heavy atom. The molecule has 8 nitrogen and oxygen atoms in total. The van der Waals surface area contributed by atoms with Crippen molar-refractivity contribution in [3.8, 4) is 0 Å². The van der Waals surface area contributed by atoms with Crippen LogP contribution >= 0.6 is 0 Å². The Labute approximate surface area is 155 Å². The molecular formula is C19H19N5O3. The van der Waals surface area contributed by atoms with E-state index in [2.05, 4.69) is 20.9 Å². The van der Waals surface area contributed by atoms with E-state index >= 15 is 0 Å². The fourth-order valence-electron chi connectivity index (χ4n) is 2.69. The Morgan fingerprint density at radius 1 is 1.04 bits per heavy atom. The Bertz CT molecular complexity index is 1070. The third kappa shape index (κ3) is 4.17. The Balaban J connectivity index is 1.70. The Morgan fingerprint density at radius 2 is 1.74 bits per heavy atom. The summed E-state index contributed by atoms with van der Waals surface area (Å²) in [6, 6.07) is 12.2. The zero-order valence-electron chi connectivity index (χ0n) is 15.0. The van der Waals surface area contributed by atoms with Gasteiger partial charge >= 0.3 is 0 Å². The molecule has 2 N–H and O–H groups in total. The fourth-order valence-corrected chi connectivity index (χ4v) is 2.69. The van der Waals surface area contributed by atoms with Gasteiger partial charge in [0.2, 0.25) is 11.8 Å². The highest BCUT2D eigenvalue weighted by atomic mass is 16.2. The lowest BCUT2D eigenvalue weighted by atomic mass is 10.1. The van der Waals surface area contributed by atoms with Crippen LogP contribution in [0.5, 0.6) is 0 Å². The number of carbonyl (C=O) groups is 2. The molecule has 0 atom stereocenters. The SMILES string of the molecule is CC(=O)Nc1cccc(NC(=O)CCn2nnc3ccccc3c2=O)c1C. The highest BCUT2D eigenvalue weighted by Gasteiger charge is 2.10. The van der Waals surface area contributed by atoms with E-state index in [-0.39, 0.29) is 30.3 Å².